The highest BCUT2D eigenvalue weighted by molar-refractivity contribution is 5.73. The van der Waals surface area contributed by atoms with Crippen molar-refractivity contribution in [3.8, 4) is 5.75 Å². The summed E-state index contributed by atoms with van der Waals surface area (Å²) in [6.07, 6.45) is 0.283. The van der Waals surface area contributed by atoms with Gasteiger partial charge in [-0.15, -0.1) is 0 Å². The summed E-state index contributed by atoms with van der Waals surface area (Å²) in [5.41, 5.74) is 2.91. The average Bonchev–Trinajstić information content (AvgIpc) is 2.25. The van der Waals surface area contributed by atoms with Crippen molar-refractivity contribution in [1.82, 2.24) is 5.48 Å². The smallest absolute Gasteiger partial charge is 0.323 e. The molecule has 0 aromatic heterocycles. The van der Waals surface area contributed by atoms with Crippen molar-refractivity contribution in [3.05, 3.63) is 29.8 Å². The third-order valence-corrected chi connectivity index (χ3v) is 2.18. The Hall–Kier alpha value is -1.59. The molecule has 1 unspecified atom stereocenters. The Morgan fingerprint density at radius 3 is 2.33 bits per heavy atom. The number of aliphatic carboxylic acids is 1. The molecule has 0 heterocycles. The molecule has 5 heteroatoms. The van der Waals surface area contributed by atoms with Crippen molar-refractivity contribution >= 4 is 5.97 Å². The van der Waals surface area contributed by atoms with Gasteiger partial charge in [-0.3, -0.25) is 9.63 Å². The van der Waals surface area contributed by atoms with E-state index in [0.717, 1.165) is 5.56 Å². The fourth-order valence-electron chi connectivity index (χ4n) is 1.30. The molecule has 100 valence electrons. The number of hydrogen-bond acceptors (Lipinski definition) is 4. The average molecular weight is 253 g/mol. The van der Waals surface area contributed by atoms with Crippen LogP contribution in [0.1, 0.15) is 26.3 Å². The number of phenolic OH excluding ortho intramolecular Hbond substituents is 1. The van der Waals surface area contributed by atoms with Gasteiger partial charge in [-0.25, -0.2) is 0 Å². The molecular formula is C13H19NO4. The molecule has 1 aromatic rings. The highest BCUT2D eigenvalue weighted by atomic mass is 16.7. The first-order valence-corrected chi connectivity index (χ1v) is 5.72. The van der Waals surface area contributed by atoms with Gasteiger partial charge in [-0.1, -0.05) is 12.1 Å². The zero-order valence-electron chi connectivity index (χ0n) is 10.8. The minimum absolute atomic E-state index is 0.157. The molecule has 5 nitrogen and oxygen atoms in total. The molecule has 0 spiro atoms. The molecule has 0 bridgehead atoms. The highest BCUT2D eigenvalue weighted by Gasteiger charge is 2.21. The number of phenols is 1. The normalized spacial score (nSPS) is 13.3. The lowest BCUT2D eigenvalue weighted by Gasteiger charge is -2.23. The molecule has 1 rings (SSSR count). The summed E-state index contributed by atoms with van der Waals surface area (Å²) in [6, 6.07) is 5.60. The number of carboxylic acid groups (broad SMARTS) is 1. The van der Waals surface area contributed by atoms with Gasteiger partial charge in [-0.05, 0) is 38.5 Å². The third kappa shape index (κ3) is 5.16. The van der Waals surface area contributed by atoms with Gasteiger partial charge in [0, 0.05) is 6.42 Å². The van der Waals surface area contributed by atoms with Gasteiger partial charge in [0.05, 0.1) is 5.60 Å². The van der Waals surface area contributed by atoms with Crippen molar-refractivity contribution < 1.29 is 19.8 Å². The van der Waals surface area contributed by atoms with Crippen LogP contribution in [0.15, 0.2) is 24.3 Å². The van der Waals surface area contributed by atoms with E-state index < -0.39 is 17.6 Å². The summed E-state index contributed by atoms with van der Waals surface area (Å²) in [5.74, 6) is -0.822. The second-order valence-electron chi connectivity index (χ2n) is 5.09. The molecule has 0 fully saturated rings. The Kier molecular flexibility index (Phi) is 4.69. The fourth-order valence-corrected chi connectivity index (χ4v) is 1.30. The number of rotatable bonds is 5. The lowest BCUT2D eigenvalue weighted by Crippen LogP contribution is -2.42. The second-order valence-corrected chi connectivity index (χ2v) is 5.09. The van der Waals surface area contributed by atoms with Crippen molar-refractivity contribution in [1.29, 1.82) is 0 Å². The Bertz CT molecular complexity index is 394. The lowest BCUT2D eigenvalue weighted by molar-refractivity contribution is -0.150. The summed E-state index contributed by atoms with van der Waals surface area (Å²) in [7, 11) is 0. The molecule has 0 radical (unpaired) electrons. The highest BCUT2D eigenvalue weighted by Crippen LogP contribution is 2.12. The minimum atomic E-state index is -0.979. The molecule has 0 saturated heterocycles. The SMILES string of the molecule is CC(C)(C)ONC(Cc1ccc(O)cc1)C(=O)O. The van der Waals surface area contributed by atoms with Crippen LogP contribution in [0.4, 0.5) is 0 Å². The van der Waals surface area contributed by atoms with Crippen LogP contribution < -0.4 is 5.48 Å². The van der Waals surface area contributed by atoms with E-state index in [0.29, 0.717) is 0 Å². The van der Waals surface area contributed by atoms with Gasteiger partial charge >= 0.3 is 5.97 Å². The van der Waals surface area contributed by atoms with E-state index in [1.807, 2.05) is 20.8 Å². The summed E-state index contributed by atoms with van der Waals surface area (Å²) < 4.78 is 0. The lowest BCUT2D eigenvalue weighted by atomic mass is 10.1. The predicted octanol–water partition coefficient (Wildman–Crippen LogP) is 1.71. The van der Waals surface area contributed by atoms with Crippen LogP contribution in [0, 0.1) is 0 Å². The van der Waals surface area contributed by atoms with Crippen LogP contribution in [0.5, 0.6) is 5.75 Å². The summed E-state index contributed by atoms with van der Waals surface area (Å²) in [6.45, 7) is 5.50. The minimum Gasteiger partial charge on any atom is -0.508 e. The van der Waals surface area contributed by atoms with E-state index in [9.17, 15) is 4.79 Å². The van der Waals surface area contributed by atoms with Gasteiger partial charge in [0.1, 0.15) is 11.8 Å². The van der Waals surface area contributed by atoms with Crippen molar-refractivity contribution in [3.63, 3.8) is 0 Å². The van der Waals surface area contributed by atoms with E-state index in [1.165, 1.54) is 12.1 Å². The first kappa shape index (κ1) is 14.5. The maximum atomic E-state index is 11.1. The summed E-state index contributed by atoms with van der Waals surface area (Å²) >= 11 is 0. The number of hydroxylamine groups is 1. The largest absolute Gasteiger partial charge is 0.508 e. The first-order chi connectivity index (χ1) is 8.28. The van der Waals surface area contributed by atoms with Gasteiger partial charge < -0.3 is 10.2 Å². The summed E-state index contributed by atoms with van der Waals surface area (Å²) in [5, 5.41) is 18.2. The van der Waals surface area contributed by atoms with Crippen LogP contribution in [0.25, 0.3) is 0 Å². The maximum absolute atomic E-state index is 11.1. The number of carboxylic acids is 1. The predicted molar refractivity (Wildman–Crippen MR) is 67.2 cm³/mol. The van der Waals surface area contributed by atoms with Gasteiger partial charge in [0.25, 0.3) is 0 Å². The molecule has 0 aliphatic carbocycles. The topological polar surface area (TPSA) is 78.8 Å². The zero-order chi connectivity index (χ0) is 13.8. The van der Waals surface area contributed by atoms with E-state index in [1.54, 1.807) is 12.1 Å². The standard InChI is InChI=1S/C13H19NO4/c1-13(2,3)18-14-11(12(16)17)8-9-4-6-10(15)7-5-9/h4-7,11,14-15H,8H2,1-3H3,(H,16,17). The van der Waals surface area contributed by atoms with Gasteiger partial charge in [0.15, 0.2) is 0 Å². The van der Waals surface area contributed by atoms with Crippen molar-refractivity contribution in [2.24, 2.45) is 0 Å². The first-order valence-electron chi connectivity index (χ1n) is 5.72. The van der Waals surface area contributed by atoms with Crippen LogP contribution >= 0.6 is 0 Å². The summed E-state index contributed by atoms with van der Waals surface area (Å²) in [4.78, 5) is 16.4. The Labute approximate surface area is 106 Å². The van der Waals surface area contributed by atoms with Crippen LogP contribution in [0.3, 0.4) is 0 Å². The molecule has 0 saturated carbocycles. The number of nitrogens with one attached hydrogen (secondary N) is 1. The number of carbonyl (C=O) groups is 1. The van der Waals surface area contributed by atoms with Crippen molar-refractivity contribution in [2.75, 3.05) is 0 Å². The fraction of sp³-hybridized carbons (Fsp3) is 0.462. The van der Waals surface area contributed by atoms with Crippen LogP contribution in [-0.2, 0) is 16.1 Å². The Balaban J connectivity index is 2.63. The Morgan fingerprint density at radius 1 is 1.33 bits per heavy atom. The van der Waals surface area contributed by atoms with E-state index in [-0.39, 0.29) is 12.2 Å². The number of aromatic hydroxyl groups is 1. The van der Waals surface area contributed by atoms with Crippen molar-refractivity contribution in [2.45, 2.75) is 38.8 Å². The van der Waals surface area contributed by atoms with E-state index in [2.05, 4.69) is 5.48 Å². The zero-order valence-corrected chi connectivity index (χ0v) is 10.8. The monoisotopic (exact) mass is 253 g/mol. The molecule has 0 amide bonds. The maximum Gasteiger partial charge on any atom is 0.323 e. The molecule has 0 aliphatic rings. The molecule has 3 N–H and O–H groups in total. The molecule has 1 aromatic carbocycles. The van der Waals surface area contributed by atoms with Crippen LogP contribution in [-0.4, -0.2) is 27.8 Å². The number of hydrogen-bond donors (Lipinski definition) is 3. The molecule has 0 aliphatic heterocycles. The van der Waals surface area contributed by atoms with E-state index in [4.69, 9.17) is 15.1 Å². The van der Waals surface area contributed by atoms with E-state index >= 15 is 0 Å². The quantitative estimate of drug-likeness (QED) is 0.696. The number of benzene rings is 1. The van der Waals surface area contributed by atoms with Gasteiger partial charge in [-0.2, -0.15) is 5.48 Å². The molecule has 18 heavy (non-hydrogen) atoms. The molecule has 1 atom stereocenters. The third-order valence-electron chi connectivity index (χ3n) is 2.18. The Morgan fingerprint density at radius 2 is 1.89 bits per heavy atom. The molecular weight excluding hydrogens is 234 g/mol. The second kappa shape index (κ2) is 5.84. The van der Waals surface area contributed by atoms with Crippen LogP contribution in [0.2, 0.25) is 0 Å². The van der Waals surface area contributed by atoms with Gasteiger partial charge in [0.2, 0.25) is 0 Å².